The smallest absolute Gasteiger partial charge is 0.316 e. The molecule has 2 bridgehead atoms. The van der Waals surface area contributed by atoms with Crippen LogP contribution in [-0.4, -0.2) is 64.8 Å². The maximum atomic E-state index is 12.8. The first-order valence-electron chi connectivity index (χ1n) is 10.3. The Morgan fingerprint density at radius 3 is 2.45 bits per heavy atom. The van der Waals surface area contributed by atoms with Crippen LogP contribution >= 0.6 is 0 Å². The van der Waals surface area contributed by atoms with Gasteiger partial charge >= 0.3 is 5.97 Å². The number of piperidine rings is 1. The molecule has 1 N–H and O–H groups in total. The van der Waals surface area contributed by atoms with Gasteiger partial charge in [0.2, 0.25) is 5.54 Å². The maximum Gasteiger partial charge on any atom is 0.316 e. The first-order valence-corrected chi connectivity index (χ1v) is 10.3. The number of likely N-dealkylation sites (N-methyl/N-ethyl adjacent to an activating group) is 1. The second-order valence-electron chi connectivity index (χ2n) is 8.94. The first kappa shape index (κ1) is 21.6. The summed E-state index contributed by atoms with van der Waals surface area (Å²) in [6, 6.07) is 8.95. The summed E-state index contributed by atoms with van der Waals surface area (Å²) in [5.41, 5.74) is -0.560. The summed E-state index contributed by atoms with van der Waals surface area (Å²) < 4.78 is 6.39. The summed E-state index contributed by atoms with van der Waals surface area (Å²) in [6.45, 7) is 5.27. The number of carbonyl (C=O) groups is 2. The Bertz CT molecular complexity index is 783. The van der Waals surface area contributed by atoms with Crippen LogP contribution in [-0.2, 0) is 14.3 Å². The molecule has 0 aliphatic carbocycles. The lowest BCUT2D eigenvalue weighted by molar-refractivity contribution is -0.969. The van der Waals surface area contributed by atoms with Crippen molar-refractivity contribution in [3.8, 4) is 0 Å². The lowest BCUT2D eigenvalue weighted by Gasteiger charge is -2.50. The molecular formula is C22H31N2O5+. The molecule has 1 aromatic carbocycles. The third-order valence-corrected chi connectivity index (χ3v) is 7.41. The zero-order valence-electron chi connectivity index (χ0n) is 17.6. The van der Waals surface area contributed by atoms with Crippen LogP contribution in [0.15, 0.2) is 35.5 Å². The van der Waals surface area contributed by atoms with Gasteiger partial charge in [-0.1, -0.05) is 30.3 Å². The Hall–Kier alpha value is -2.12. The number of hydrogen-bond acceptors (Lipinski definition) is 6. The fourth-order valence-electron chi connectivity index (χ4n) is 5.45. The largest absolute Gasteiger partial charge is 0.461 e. The van der Waals surface area contributed by atoms with Crippen molar-refractivity contribution < 1.29 is 23.9 Å². The normalized spacial score (nSPS) is 34.6. The molecule has 6 unspecified atom stereocenters. The molecule has 3 rings (SSSR count). The standard InChI is InChI=1S/C22H31N2O5/c1-14(2)24(4)17-10-18(11-20(24)22(12-17,23-28)15(3)26)29-21(27)19(13-25)16-8-6-5-7-9-16/h5-9,14,17-20,25H,10-13H2,1-4H3/q+1. The van der Waals surface area contributed by atoms with Gasteiger partial charge in [0.1, 0.15) is 18.1 Å². The van der Waals surface area contributed by atoms with E-state index in [1.807, 2.05) is 18.2 Å². The van der Waals surface area contributed by atoms with Gasteiger partial charge < -0.3 is 14.3 Å². The Labute approximate surface area is 171 Å². The molecule has 1 aromatic rings. The number of aliphatic hydroxyl groups excluding tert-OH is 1. The summed E-state index contributed by atoms with van der Waals surface area (Å²) in [4.78, 5) is 37.1. The number of ether oxygens (including phenoxy) is 1. The number of Topliss-reactive ketones (excluding diaryl/α,β-unsaturated/α-hetero) is 1. The van der Waals surface area contributed by atoms with Crippen LogP contribution in [0.3, 0.4) is 0 Å². The molecule has 0 aromatic heterocycles. The van der Waals surface area contributed by atoms with Gasteiger partial charge in [0, 0.05) is 19.3 Å². The van der Waals surface area contributed by atoms with Gasteiger partial charge in [0.25, 0.3) is 0 Å². The molecular weight excluding hydrogens is 372 g/mol. The van der Waals surface area contributed by atoms with E-state index in [9.17, 15) is 19.6 Å². The number of fused-ring (bicyclic) bond motifs is 2. The van der Waals surface area contributed by atoms with E-state index in [4.69, 9.17) is 4.74 Å². The van der Waals surface area contributed by atoms with Crippen molar-refractivity contribution >= 4 is 11.8 Å². The predicted octanol–water partition coefficient (Wildman–Crippen LogP) is 2.56. The molecule has 0 radical (unpaired) electrons. The van der Waals surface area contributed by atoms with Crippen molar-refractivity contribution in [3.63, 3.8) is 0 Å². The number of aliphatic hydroxyl groups is 1. The molecule has 7 nitrogen and oxygen atoms in total. The molecule has 7 heteroatoms. The van der Waals surface area contributed by atoms with E-state index in [2.05, 4.69) is 26.1 Å². The van der Waals surface area contributed by atoms with Crippen molar-refractivity contribution in [1.29, 1.82) is 0 Å². The molecule has 0 saturated carbocycles. The number of nitrogens with zero attached hydrogens (tertiary/aromatic N) is 2. The number of ketones is 1. The van der Waals surface area contributed by atoms with Crippen LogP contribution in [0.2, 0.25) is 0 Å². The highest BCUT2D eigenvalue weighted by Gasteiger charge is 2.69. The molecule has 2 saturated heterocycles. The van der Waals surface area contributed by atoms with Crippen LogP contribution < -0.4 is 0 Å². The monoisotopic (exact) mass is 403 g/mol. The van der Waals surface area contributed by atoms with Crippen LogP contribution in [0.5, 0.6) is 0 Å². The number of hydrogen-bond donors (Lipinski definition) is 1. The van der Waals surface area contributed by atoms with Gasteiger partial charge in [-0.3, -0.25) is 9.59 Å². The Kier molecular flexibility index (Phi) is 5.92. The van der Waals surface area contributed by atoms with E-state index >= 15 is 0 Å². The zero-order valence-corrected chi connectivity index (χ0v) is 17.6. The lowest BCUT2D eigenvalue weighted by Crippen LogP contribution is -2.66. The Morgan fingerprint density at radius 1 is 1.28 bits per heavy atom. The quantitative estimate of drug-likeness (QED) is 0.429. The third kappa shape index (κ3) is 3.40. The number of esters is 1. The summed E-state index contributed by atoms with van der Waals surface area (Å²) >= 11 is 0. The summed E-state index contributed by atoms with van der Waals surface area (Å²) in [5, 5.41) is 13.1. The van der Waals surface area contributed by atoms with Gasteiger partial charge in [0.05, 0.1) is 25.7 Å². The number of benzene rings is 1. The minimum atomic E-state index is -1.26. The minimum absolute atomic E-state index is 0.0115. The lowest BCUT2D eigenvalue weighted by atomic mass is 9.84. The topological polar surface area (TPSA) is 93.0 Å². The number of rotatable bonds is 7. The maximum absolute atomic E-state index is 12.8. The fourth-order valence-corrected chi connectivity index (χ4v) is 5.45. The fraction of sp³-hybridized carbons (Fsp3) is 0.636. The van der Waals surface area contributed by atoms with Gasteiger partial charge in [-0.05, 0) is 31.5 Å². The molecule has 6 atom stereocenters. The summed E-state index contributed by atoms with van der Waals surface area (Å²) in [7, 11) is 2.08. The highest BCUT2D eigenvalue weighted by Crippen LogP contribution is 2.51. The van der Waals surface area contributed by atoms with E-state index in [1.54, 1.807) is 12.1 Å². The van der Waals surface area contributed by atoms with Crippen molar-refractivity contribution in [2.75, 3.05) is 13.7 Å². The average Bonchev–Trinajstić information content (AvgIpc) is 2.82. The molecule has 2 aliphatic rings. The minimum Gasteiger partial charge on any atom is -0.461 e. The first-order chi connectivity index (χ1) is 13.7. The average molecular weight is 403 g/mol. The zero-order chi connectivity index (χ0) is 21.4. The molecule has 2 heterocycles. The highest BCUT2D eigenvalue weighted by atomic mass is 16.5. The second-order valence-corrected chi connectivity index (χ2v) is 8.94. The van der Waals surface area contributed by atoms with Crippen LogP contribution in [0.25, 0.3) is 0 Å². The molecule has 2 aliphatic heterocycles. The third-order valence-electron chi connectivity index (χ3n) is 7.41. The van der Waals surface area contributed by atoms with E-state index < -0.39 is 23.5 Å². The van der Waals surface area contributed by atoms with Crippen molar-refractivity contribution in [2.24, 2.45) is 5.18 Å². The van der Waals surface area contributed by atoms with E-state index in [-0.39, 0.29) is 30.5 Å². The molecule has 0 spiro atoms. The number of carbonyl (C=O) groups excluding carboxylic acids is 2. The summed E-state index contributed by atoms with van der Waals surface area (Å²) in [6.07, 6.45) is 0.980. The second kappa shape index (κ2) is 7.95. The molecule has 158 valence electrons. The van der Waals surface area contributed by atoms with Crippen LogP contribution in [0, 0.1) is 4.91 Å². The van der Waals surface area contributed by atoms with Crippen LogP contribution in [0.4, 0.5) is 0 Å². The van der Waals surface area contributed by atoms with E-state index in [1.165, 1.54) is 6.92 Å². The highest BCUT2D eigenvalue weighted by molar-refractivity contribution is 5.87. The Morgan fingerprint density at radius 2 is 1.93 bits per heavy atom. The van der Waals surface area contributed by atoms with Gasteiger partial charge in [0.15, 0.2) is 5.78 Å². The van der Waals surface area contributed by atoms with E-state index in [0.29, 0.717) is 29.3 Å². The Balaban J connectivity index is 1.84. The number of quaternary nitrogens is 1. The molecule has 2 fully saturated rings. The predicted molar refractivity (Wildman–Crippen MR) is 108 cm³/mol. The van der Waals surface area contributed by atoms with E-state index in [0.717, 1.165) is 0 Å². The molecule has 29 heavy (non-hydrogen) atoms. The molecule has 0 amide bonds. The van der Waals surface area contributed by atoms with Crippen molar-refractivity contribution in [2.45, 2.75) is 75.7 Å². The van der Waals surface area contributed by atoms with Crippen LogP contribution in [0.1, 0.15) is 51.5 Å². The van der Waals surface area contributed by atoms with Gasteiger partial charge in [-0.15, -0.1) is 4.91 Å². The van der Waals surface area contributed by atoms with Gasteiger partial charge in [-0.25, -0.2) is 0 Å². The van der Waals surface area contributed by atoms with Crippen molar-refractivity contribution in [1.82, 2.24) is 0 Å². The van der Waals surface area contributed by atoms with Gasteiger partial charge in [-0.2, -0.15) is 0 Å². The summed E-state index contributed by atoms with van der Waals surface area (Å²) in [5.74, 6) is -1.44. The SMILES string of the molecule is CC(=O)C1(N=O)CC2CC(OC(=O)C(CO)c3ccccc3)CC1[N+]2(C)C(C)C. The number of nitroso groups, excluding NO2 is 1. The van der Waals surface area contributed by atoms with Crippen molar-refractivity contribution in [3.05, 3.63) is 40.8 Å².